The molecular formula is C32H39IN6O4. The lowest BCUT2D eigenvalue weighted by Crippen LogP contribution is -2.61. The highest BCUT2D eigenvalue weighted by atomic mass is 127. The first-order chi connectivity index (χ1) is 20.8. The fraction of sp³-hybridized carbons (Fsp3) is 0.375. The number of ether oxygens (including phenoxy) is 1. The van der Waals surface area contributed by atoms with Crippen molar-refractivity contribution < 1.29 is 19.7 Å². The van der Waals surface area contributed by atoms with E-state index in [4.69, 9.17) is 9.84 Å². The van der Waals surface area contributed by atoms with Gasteiger partial charge in [-0.3, -0.25) is 20.2 Å². The van der Waals surface area contributed by atoms with Crippen LogP contribution >= 0.6 is 20.7 Å². The minimum atomic E-state index is -0.996. The zero-order valence-corrected chi connectivity index (χ0v) is 26.9. The molecule has 2 aromatic rings. The molecule has 2 aromatic carbocycles. The highest BCUT2D eigenvalue weighted by Gasteiger charge is 2.44. The fourth-order valence-electron chi connectivity index (χ4n) is 5.85. The van der Waals surface area contributed by atoms with Crippen LogP contribution < -0.4 is 5.43 Å². The molecule has 3 heterocycles. The van der Waals surface area contributed by atoms with E-state index in [9.17, 15) is 9.90 Å². The van der Waals surface area contributed by atoms with E-state index in [-0.39, 0.29) is 25.0 Å². The number of halogens is 1. The molecule has 11 heteroatoms. The molecule has 0 radical (unpaired) electrons. The molecule has 0 unspecified atom stereocenters. The smallest absolute Gasteiger partial charge is 0.329 e. The number of aromatic hydroxyl groups is 1. The van der Waals surface area contributed by atoms with Crippen molar-refractivity contribution in [1.29, 1.82) is 0 Å². The molecule has 0 spiro atoms. The number of hydrogen-bond acceptors (Lipinski definition) is 9. The summed E-state index contributed by atoms with van der Waals surface area (Å²) in [5.74, 6) is -0.0564. The molecule has 3 aliphatic heterocycles. The quantitative estimate of drug-likeness (QED) is 0.238. The maximum absolute atomic E-state index is 10.8. The summed E-state index contributed by atoms with van der Waals surface area (Å²) < 4.78 is 8.83. The number of carboxylic acid groups (broad SMARTS) is 1. The van der Waals surface area contributed by atoms with Gasteiger partial charge in [-0.1, -0.05) is 69.3 Å². The van der Waals surface area contributed by atoms with Gasteiger partial charge in [-0.25, -0.2) is 4.79 Å². The van der Waals surface area contributed by atoms with E-state index in [0.717, 1.165) is 30.8 Å². The number of benzene rings is 2. The number of nitrogens with zero attached hydrogens (tertiary/aromatic N) is 5. The SMILES string of the molecule is C[C@@H]1CN([C@@](C)(C2=CC=C(C3=NN=CNN3CCOCC(=O)O)C=I2)c2cccc(O)c2)[C@@H](C)CN1Cc1ccccc1. The van der Waals surface area contributed by atoms with Gasteiger partial charge in [-0.2, -0.15) is 0 Å². The monoisotopic (exact) mass is 698 g/mol. The van der Waals surface area contributed by atoms with E-state index in [2.05, 4.69) is 98.8 Å². The van der Waals surface area contributed by atoms with Crippen molar-refractivity contribution in [3.05, 3.63) is 87.0 Å². The third-order valence-corrected chi connectivity index (χ3v) is 11.2. The van der Waals surface area contributed by atoms with Crippen LogP contribution in [0.1, 0.15) is 31.9 Å². The second-order valence-electron chi connectivity index (χ2n) is 11.1. The first kappa shape index (κ1) is 31.0. The number of hydrogen-bond donors (Lipinski definition) is 3. The Morgan fingerprint density at radius 1 is 1.12 bits per heavy atom. The van der Waals surface area contributed by atoms with Crippen LogP contribution in [-0.2, 0) is 21.6 Å². The minimum Gasteiger partial charge on any atom is -0.508 e. The standard InChI is InChI=1S/C32H39IN6O4/c1-23-19-38(24(2)18-37(23)20-25-8-5-4-6-9-25)32(3,27-10-7-11-28(40)16-27)29-13-12-26(17-33-29)31-36-34-22-35-39(31)14-15-43-21-30(41)42/h4-13,16-17,22-24,40H,14-15,18-21H2,1-3H3,(H,34,35)(H,41,42)/t23-,24+,32-/m1/s1. The fourth-order valence-corrected chi connectivity index (χ4v) is 8.62. The average Bonchev–Trinajstić information content (AvgIpc) is 3.01. The van der Waals surface area contributed by atoms with E-state index in [1.165, 1.54) is 15.5 Å². The molecule has 0 bridgehead atoms. The normalized spacial score (nSPS) is 22.5. The van der Waals surface area contributed by atoms with Gasteiger partial charge in [-0.05, 0) is 54.1 Å². The van der Waals surface area contributed by atoms with Crippen molar-refractivity contribution in [2.24, 2.45) is 10.2 Å². The van der Waals surface area contributed by atoms with Gasteiger partial charge in [0, 0.05) is 40.9 Å². The molecule has 3 aliphatic rings. The van der Waals surface area contributed by atoms with E-state index >= 15 is 0 Å². The molecule has 5 rings (SSSR count). The highest BCUT2D eigenvalue weighted by Crippen LogP contribution is 2.46. The third kappa shape index (κ3) is 7.23. The van der Waals surface area contributed by atoms with E-state index in [0.29, 0.717) is 18.4 Å². The highest BCUT2D eigenvalue weighted by molar-refractivity contribution is 14.2. The van der Waals surface area contributed by atoms with Crippen molar-refractivity contribution in [3.63, 3.8) is 0 Å². The summed E-state index contributed by atoms with van der Waals surface area (Å²) in [5.41, 5.74) is 6.05. The zero-order chi connectivity index (χ0) is 30.4. The Labute approximate surface area is 262 Å². The van der Waals surface area contributed by atoms with E-state index < -0.39 is 32.2 Å². The largest absolute Gasteiger partial charge is 0.508 e. The molecule has 3 atom stereocenters. The second-order valence-corrected chi connectivity index (χ2v) is 13.5. The summed E-state index contributed by atoms with van der Waals surface area (Å²) in [4.78, 5) is 16.0. The Bertz CT molecular complexity index is 1460. The van der Waals surface area contributed by atoms with Gasteiger partial charge in [0.1, 0.15) is 18.7 Å². The third-order valence-electron chi connectivity index (χ3n) is 8.11. The lowest BCUT2D eigenvalue weighted by molar-refractivity contribution is -0.142. The van der Waals surface area contributed by atoms with Crippen molar-refractivity contribution in [3.8, 4) is 5.75 Å². The molecular weight excluding hydrogens is 659 g/mol. The molecule has 43 heavy (non-hydrogen) atoms. The summed E-state index contributed by atoms with van der Waals surface area (Å²) in [5, 5.41) is 29.6. The van der Waals surface area contributed by atoms with Gasteiger partial charge in [0.2, 0.25) is 0 Å². The molecule has 0 amide bonds. The van der Waals surface area contributed by atoms with Crippen LogP contribution in [0.25, 0.3) is 0 Å². The molecule has 10 nitrogen and oxygen atoms in total. The Balaban J connectivity index is 1.40. The zero-order valence-electron chi connectivity index (χ0n) is 24.7. The number of aliphatic carboxylic acids is 1. The number of nitrogens with one attached hydrogen (secondary N) is 1. The average molecular weight is 699 g/mol. The van der Waals surface area contributed by atoms with Gasteiger partial charge in [0.15, 0.2) is 5.84 Å². The van der Waals surface area contributed by atoms with Gasteiger partial charge >= 0.3 is 5.97 Å². The molecule has 0 saturated carbocycles. The lowest BCUT2D eigenvalue weighted by Gasteiger charge is -2.53. The second kappa shape index (κ2) is 13.9. The predicted octanol–water partition coefficient (Wildman–Crippen LogP) is 4.06. The Kier molecular flexibility index (Phi) is 10.1. The number of carbonyl (C=O) groups is 1. The number of rotatable bonds is 11. The lowest BCUT2D eigenvalue weighted by atomic mass is 9.86. The van der Waals surface area contributed by atoms with Crippen LogP contribution in [0.3, 0.4) is 0 Å². The Morgan fingerprint density at radius 3 is 2.65 bits per heavy atom. The molecule has 1 fully saturated rings. The summed E-state index contributed by atoms with van der Waals surface area (Å²) in [6.45, 7) is 9.99. The number of amidine groups is 1. The van der Waals surface area contributed by atoms with E-state index in [1.807, 2.05) is 17.1 Å². The Morgan fingerprint density at radius 2 is 1.93 bits per heavy atom. The van der Waals surface area contributed by atoms with Gasteiger partial charge in [0.25, 0.3) is 0 Å². The number of phenolic OH excluding ortho intramolecular Hbond substituents is 1. The predicted molar refractivity (Wildman–Crippen MR) is 178 cm³/mol. The summed E-state index contributed by atoms with van der Waals surface area (Å²) in [6, 6.07) is 19.0. The number of hydrazine groups is 1. The van der Waals surface area contributed by atoms with Crippen LogP contribution in [0.4, 0.5) is 0 Å². The number of phenols is 1. The summed E-state index contributed by atoms with van der Waals surface area (Å²) in [7, 11) is 0. The summed E-state index contributed by atoms with van der Waals surface area (Å²) >= 11 is -0.567. The van der Waals surface area contributed by atoms with Gasteiger partial charge < -0.3 is 14.9 Å². The molecule has 0 aliphatic carbocycles. The minimum absolute atomic E-state index is 0.234. The number of piperazine rings is 1. The Hall–Kier alpha value is -3.39. The number of allylic oxidation sites excluding steroid dienone is 2. The van der Waals surface area contributed by atoms with Crippen LogP contribution in [0.2, 0.25) is 0 Å². The molecule has 0 aromatic heterocycles. The topological polar surface area (TPSA) is 113 Å². The number of carboxylic acids is 1. The first-order valence-corrected chi connectivity index (χ1v) is 16.7. The van der Waals surface area contributed by atoms with Crippen molar-refractivity contribution in [2.45, 2.75) is 44.9 Å². The van der Waals surface area contributed by atoms with Crippen LogP contribution in [-0.4, -0.2) is 92.1 Å². The van der Waals surface area contributed by atoms with Crippen molar-refractivity contribution >= 4 is 42.9 Å². The summed E-state index contributed by atoms with van der Waals surface area (Å²) in [6.07, 6.45) is 5.81. The maximum Gasteiger partial charge on any atom is 0.329 e. The maximum atomic E-state index is 10.8. The van der Waals surface area contributed by atoms with Crippen LogP contribution in [0.5, 0.6) is 5.75 Å². The molecule has 228 valence electrons. The van der Waals surface area contributed by atoms with Crippen LogP contribution in [0, 0.1) is 0 Å². The van der Waals surface area contributed by atoms with E-state index in [1.54, 1.807) is 6.07 Å². The van der Waals surface area contributed by atoms with Crippen molar-refractivity contribution in [1.82, 2.24) is 20.2 Å². The molecule has 3 N–H and O–H groups in total. The molecule has 1 saturated heterocycles. The van der Waals surface area contributed by atoms with Gasteiger partial charge in [0.05, 0.1) is 18.7 Å². The van der Waals surface area contributed by atoms with Crippen LogP contribution in [0.15, 0.2) is 86.1 Å². The van der Waals surface area contributed by atoms with Gasteiger partial charge in [-0.15, -0.1) is 10.2 Å². The first-order valence-electron chi connectivity index (χ1n) is 14.4. The van der Waals surface area contributed by atoms with Crippen molar-refractivity contribution in [2.75, 3.05) is 32.8 Å².